The third-order valence-electron chi connectivity index (χ3n) is 2.67. The van der Waals surface area contributed by atoms with Crippen molar-refractivity contribution < 1.29 is 13.2 Å². The van der Waals surface area contributed by atoms with Crippen LogP contribution in [0.4, 0.5) is 13.2 Å². The molecule has 2 rings (SSSR count). The number of rotatable bonds is 5. The Kier molecular flexibility index (Phi) is 4.99. The number of hydrogen-bond acceptors (Lipinski definition) is 3. The normalized spacial score (nSPS) is 11.8. The van der Waals surface area contributed by atoms with E-state index in [1.165, 1.54) is 23.5 Å². The summed E-state index contributed by atoms with van der Waals surface area (Å²) in [6.45, 7) is 0. The van der Waals surface area contributed by atoms with Crippen LogP contribution in [-0.2, 0) is 19.0 Å². The van der Waals surface area contributed by atoms with Gasteiger partial charge in [-0.15, -0.1) is 33.1 Å². The van der Waals surface area contributed by atoms with Crippen molar-refractivity contribution >= 4 is 22.9 Å². The molecular formula is C13H12ClF3N2S. The summed E-state index contributed by atoms with van der Waals surface area (Å²) in [4.78, 5) is 0. The number of hydrogen-bond donors (Lipinski definition) is 0. The molecule has 0 aliphatic heterocycles. The van der Waals surface area contributed by atoms with Crippen LogP contribution in [0.3, 0.4) is 0 Å². The Hall–Kier alpha value is -1.14. The molecule has 0 atom stereocenters. The van der Waals surface area contributed by atoms with Gasteiger partial charge in [-0.1, -0.05) is 12.1 Å². The monoisotopic (exact) mass is 320 g/mol. The van der Waals surface area contributed by atoms with Crippen LogP contribution < -0.4 is 0 Å². The highest BCUT2D eigenvalue weighted by atomic mass is 35.5. The molecule has 1 aromatic heterocycles. The average molecular weight is 321 g/mol. The van der Waals surface area contributed by atoms with E-state index in [4.69, 9.17) is 11.6 Å². The van der Waals surface area contributed by atoms with E-state index in [-0.39, 0.29) is 0 Å². The number of halogens is 4. The van der Waals surface area contributed by atoms with Crippen molar-refractivity contribution in [2.45, 2.75) is 25.4 Å². The minimum atomic E-state index is -4.30. The van der Waals surface area contributed by atoms with Gasteiger partial charge in [0.1, 0.15) is 10.0 Å². The van der Waals surface area contributed by atoms with Gasteiger partial charge in [0.25, 0.3) is 0 Å². The third-order valence-corrected chi connectivity index (χ3v) is 3.92. The highest BCUT2D eigenvalue weighted by molar-refractivity contribution is 7.11. The molecule has 1 aromatic carbocycles. The number of alkyl halides is 4. The maximum atomic E-state index is 12.4. The van der Waals surface area contributed by atoms with Crippen molar-refractivity contribution in [3.8, 4) is 0 Å². The summed E-state index contributed by atoms with van der Waals surface area (Å²) < 4.78 is 37.3. The molecule has 0 fully saturated rings. The zero-order valence-corrected chi connectivity index (χ0v) is 12.0. The second-order valence-electron chi connectivity index (χ2n) is 4.25. The van der Waals surface area contributed by atoms with E-state index in [1.807, 2.05) is 0 Å². The van der Waals surface area contributed by atoms with Crippen LogP contribution in [0.1, 0.15) is 27.6 Å². The van der Waals surface area contributed by atoms with E-state index >= 15 is 0 Å². The van der Waals surface area contributed by atoms with Gasteiger partial charge in [-0.2, -0.15) is 13.2 Å². The first-order valence-corrected chi connectivity index (χ1v) is 7.37. The Morgan fingerprint density at radius 1 is 1.05 bits per heavy atom. The van der Waals surface area contributed by atoms with E-state index in [0.717, 1.165) is 40.6 Å². The van der Waals surface area contributed by atoms with Crippen LogP contribution in [0, 0.1) is 0 Å². The zero-order chi connectivity index (χ0) is 14.6. The summed E-state index contributed by atoms with van der Waals surface area (Å²) in [5, 5.41) is 9.79. The Morgan fingerprint density at radius 2 is 1.70 bits per heavy atom. The standard InChI is InChI=1S/C13H12ClF3N2S/c14-7-1-2-11-18-19-12(20-11)8-9-3-5-10(6-4-9)13(15,16)17/h3-6H,1-2,7-8H2. The Balaban J connectivity index is 2.01. The van der Waals surface area contributed by atoms with E-state index in [9.17, 15) is 13.2 Å². The fourth-order valence-corrected chi connectivity index (χ4v) is 2.72. The molecule has 0 unspecified atom stereocenters. The number of aryl methyl sites for hydroxylation is 1. The summed E-state index contributed by atoms with van der Waals surface area (Å²) in [7, 11) is 0. The smallest absolute Gasteiger partial charge is 0.166 e. The van der Waals surface area contributed by atoms with Crippen molar-refractivity contribution in [1.29, 1.82) is 0 Å². The number of nitrogens with zero attached hydrogens (tertiary/aromatic N) is 2. The quantitative estimate of drug-likeness (QED) is 0.767. The van der Waals surface area contributed by atoms with E-state index < -0.39 is 11.7 Å². The van der Waals surface area contributed by atoms with E-state index in [2.05, 4.69) is 10.2 Å². The predicted octanol–water partition coefficient (Wildman–Crippen LogP) is 4.32. The lowest BCUT2D eigenvalue weighted by atomic mass is 10.1. The second-order valence-corrected chi connectivity index (χ2v) is 5.78. The highest BCUT2D eigenvalue weighted by Gasteiger charge is 2.29. The average Bonchev–Trinajstić information content (AvgIpc) is 2.83. The van der Waals surface area contributed by atoms with Gasteiger partial charge in [0.05, 0.1) is 5.56 Å². The maximum Gasteiger partial charge on any atom is 0.416 e. The summed E-state index contributed by atoms with van der Waals surface area (Å²) in [5.74, 6) is 0.577. The predicted molar refractivity (Wildman–Crippen MR) is 73.2 cm³/mol. The molecule has 0 spiro atoms. The maximum absolute atomic E-state index is 12.4. The van der Waals surface area contributed by atoms with Crippen molar-refractivity contribution in [3.63, 3.8) is 0 Å². The molecule has 20 heavy (non-hydrogen) atoms. The Morgan fingerprint density at radius 3 is 2.30 bits per heavy atom. The van der Waals surface area contributed by atoms with Gasteiger partial charge in [-0.05, 0) is 24.1 Å². The van der Waals surface area contributed by atoms with Crippen molar-refractivity contribution in [2.75, 3.05) is 5.88 Å². The molecule has 1 heterocycles. The first kappa shape index (κ1) is 15.3. The fraction of sp³-hybridized carbons (Fsp3) is 0.385. The molecule has 0 bridgehead atoms. The molecule has 0 saturated heterocycles. The van der Waals surface area contributed by atoms with Crippen LogP contribution in [0.2, 0.25) is 0 Å². The first-order chi connectivity index (χ1) is 9.49. The molecule has 2 aromatic rings. The van der Waals surface area contributed by atoms with Gasteiger partial charge in [0.2, 0.25) is 0 Å². The topological polar surface area (TPSA) is 25.8 Å². The van der Waals surface area contributed by atoms with Crippen LogP contribution in [0.25, 0.3) is 0 Å². The van der Waals surface area contributed by atoms with Gasteiger partial charge in [0, 0.05) is 18.7 Å². The van der Waals surface area contributed by atoms with Gasteiger partial charge in [-0.25, -0.2) is 0 Å². The lowest BCUT2D eigenvalue weighted by molar-refractivity contribution is -0.137. The molecule has 108 valence electrons. The van der Waals surface area contributed by atoms with E-state index in [1.54, 1.807) is 0 Å². The highest BCUT2D eigenvalue weighted by Crippen LogP contribution is 2.29. The molecule has 0 saturated carbocycles. The fourth-order valence-electron chi connectivity index (χ4n) is 1.67. The second kappa shape index (κ2) is 6.54. The Bertz CT molecular complexity index is 551. The summed E-state index contributed by atoms with van der Waals surface area (Å²) in [6.07, 6.45) is -2.17. The van der Waals surface area contributed by atoms with E-state index in [0.29, 0.717) is 12.3 Å². The van der Waals surface area contributed by atoms with Crippen LogP contribution >= 0.6 is 22.9 Å². The van der Waals surface area contributed by atoms with Gasteiger partial charge in [0.15, 0.2) is 0 Å². The SMILES string of the molecule is FC(F)(F)c1ccc(Cc2nnc(CCCCl)s2)cc1. The van der Waals surface area contributed by atoms with Crippen LogP contribution in [0.15, 0.2) is 24.3 Å². The molecule has 0 radical (unpaired) electrons. The zero-order valence-electron chi connectivity index (χ0n) is 10.5. The Labute approximate surface area is 123 Å². The van der Waals surface area contributed by atoms with Crippen molar-refractivity contribution in [3.05, 3.63) is 45.4 Å². The summed E-state index contributed by atoms with van der Waals surface area (Å²) in [6, 6.07) is 5.13. The van der Waals surface area contributed by atoms with Gasteiger partial charge < -0.3 is 0 Å². The molecule has 7 heteroatoms. The molecule has 0 aliphatic carbocycles. The van der Waals surface area contributed by atoms with Crippen LogP contribution in [0.5, 0.6) is 0 Å². The molecule has 0 aliphatic rings. The van der Waals surface area contributed by atoms with Crippen LogP contribution in [-0.4, -0.2) is 16.1 Å². The lowest BCUT2D eigenvalue weighted by Gasteiger charge is -2.06. The van der Waals surface area contributed by atoms with Crippen molar-refractivity contribution in [2.24, 2.45) is 0 Å². The number of aromatic nitrogens is 2. The minimum Gasteiger partial charge on any atom is -0.166 e. The molecule has 2 nitrogen and oxygen atoms in total. The van der Waals surface area contributed by atoms with Gasteiger partial charge >= 0.3 is 6.18 Å². The number of benzene rings is 1. The largest absolute Gasteiger partial charge is 0.416 e. The van der Waals surface area contributed by atoms with Gasteiger partial charge in [-0.3, -0.25) is 0 Å². The molecular weight excluding hydrogens is 309 g/mol. The lowest BCUT2D eigenvalue weighted by Crippen LogP contribution is -2.04. The van der Waals surface area contributed by atoms with Crippen molar-refractivity contribution in [1.82, 2.24) is 10.2 Å². The summed E-state index contributed by atoms with van der Waals surface area (Å²) in [5.41, 5.74) is 0.152. The first-order valence-electron chi connectivity index (χ1n) is 6.02. The molecule has 0 amide bonds. The molecule has 0 N–H and O–H groups in total. The third kappa shape index (κ3) is 4.18. The minimum absolute atomic E-state index is 0.497. The summed E-state index contributed by atoms with van der Waals surface area (Å²) >= 11 is 7.08.